The van der Waals surface area contributed by atoms with Gasteiger partial charge in [0.2, 0.25) is 6.79 Å². The van der Waals surface area contributed by atoms with Crippen molar-refractivity contribution in [3.05, 3.63) is 17.8 Å². The van der Waals surface area contributed by atoms with E-state index in [0.29, 0.717) is 28.2 Å². The van der Waals surface area contributed by atoms with Gasteiger partial charge in [0, 0.05) is 0 Å². The second-order valence-corrected chi connectivity index (χ2v) is 3.37. The molecule has 2 aromatic rings. The molecule has 1 aromatic carbocycles. The summed E-state index contributed by atoms with van der Waals surface area (Å²) < 4.78 is 15.5. The average Bonchev–Trinajstić information content (AvgIpc) is 2.82. The molecule has 1 aliphatic heterocycles. The van der Waals surface area contributed by atoms with Gasteiger partial charge in [-0.05, 0) is 12.1 Å². The Morgan fingerprint density at radius 2 is 2.31 bits per heavy atom. The molecule has 0 amide bonds. The van der Waals surface area contributed by atoms with Crippen LogP contribution in [0.25, 0.3) is 11.0 Å². The van der Waals surface area contributed by atoms with E-state index in [2.05, 4.69) is 5.16 Å². The van der Waals surface area contributed by atoms with Gasteiger partial charge in [-0.15, -0.1) is 0 Å². The third-order valence-corrected chi connectivity index (χ3v) is 2.36. The third kappa shape index (κ3) is 1.19. The zero-order valence-corrected chi connectivity index (χ0v) is 8.10. The van der Waals surface area contributed by atoms with Gasteiger partial charge in [-0.1, -0.05) is 5.16 Å². The van der Waals surface area contributed by atoms with E-state index in [4.69, 9.17) is 19.1 Å². The zero-order chi connectivity index (χ0) is 11.1. The number of ether oxygens (including phenoxy) is 2. The summed E-state index contributed by atoms with van der Waals surface area (Å²) in [6, 6.07) is 3.39. The molecule has 6 heteroatoms. The van der Waals surface area contributed by atoms with Crippen molar-refractivity contribution in [3.63, 3.8) is 0 Å². The van der Waals surface area contributed by atoms with E-state index >= 15 is 0 Å². The smallest absolute Gasteiger partial charge is 0.309 e. The first kappa shape index (κ1) is 9.02. The van der Waals surface area contributed by atoms with Crippen LogP contribution in [0.1, 0.15) is 5.69 Å². The van der Waals surface area contributed by atoms with Gasteiger partial charge in [-0.3, -0.25) is 4.79 Å². The lowest BCUT2D eigenvalue weighted by Gasteiger charge is -1.97. The Balaban J connectivity index is 2.23. The highest BCUT2D eigenvalue weighted by Gasteiger charge is 2.23. The summed E-state index contributed by atoms with van der Waals surface area (Å²) in [6.07, 6.45) is -0.202. The van der Waals surface area contributed by atoms with Gasteiger partial charge < -0.3 is 19.1 Å². The minimum atomic E-state index is -0.966. The molecule has 0 saturated carbocycles. The highest BCUT2D eigenvalue weighted by Crippen LogP contribution is 2.40. The molecule has 0 spiro atoms. The quantitative estimate of drug-likeness (QED) is 0.820. The summed E-state index contributed by atoms with van der Waals surface area (Å²) in [6.45, 7) is 0.131. The monoisotopic (exact) mass is 221 g/mol. The Hall–Kier alpha value is -2.24. The first-order chi connectivity index (χ1) is 7.75. The minimum absolute atomic E-state index is 0.131. The van der Waals surface area contributed by atoms with Crippen LogP contribution in [0, 0.1) is 0 Å². The molecule has 82 valence electrons. The summed E-state index contributed by atoms with van der Waals surface area (Å²) in [4.78, 5) is 10.7. The lowest BCUT2D eigenvalue weighted by Crippen LogP contribution is -2.00. The van der Waals surface area contributed by atoms with Gasteiger partial charge in [-0.2, -0.15) is 0 Å². The van der Waals surface area contributed by atoms with E-state index in [1.54, 1.807) is 12.1 Å². The maximum absolute atomic E-state index is 10.7. The number of carbonyl (C=O) groups is 1. The van der Waals surface area contributed by atoms with Crippen molar-refractivity contribution >= 4 is 16.9 Å². The summed E-state index contributed by atoms with van der Waals surface area (Å²) in [5.74, 6) is 0.129. The van der Waals surface area contributed by atoms with Gasteiger partial charge in [0.15, 0.2) is 17.1 Å². The number of rotatable bonds is 2. The normalized spacial score (nSPS) is 13.2. The molecule has 16 heavy (non-hydrogen) atoms. The molecule has 0 radical (unpaired) electrons. The fourth-order valence-corrected chi connectivity index (χ4v) is 1.72. The van der Waals surface area contributed by atoms with Gasteiger partial charge in [0.05, 0.1) is 11.8 Å². The zero-order valence-electron chi connectivity index (χ0n) is 8.10. The van der Waals surface area contributed by atoms with Crippen molar-refractivity contribution in [1.82, 2.24) is 5.16 Å². The third-order valence-electron chi connectivity index (χ3n) is 2.36. The van der Waals surface area contributed by atoms with Crippen LogP contribution in [0.2, 0.25) is 0 Å². The fraction of sp³-hybridized carbons (Fsp3) is 0.200. The predicted molar refractivity (Wildman–Crippen MR) is 51.5 cm³/mol. The van der Waals surface area contributed by atoms with Crippen LogP contribution < -0.4 is 9.47 Å². The minimum Gasteiger partial charge on any atom is -0.481 e. The molecule has 1 aromatic heterocycles. The Morgan fingerprint density at radius 1 is 1.44 bits per heavy atom. The second kappa shape index (κ2) is 3.13. The van der Waals surface area contributed by atoms with E-state index in [1.165, 1.54) is 0 Å². The molecular formula is C10H7NO5. The van der Waals surface area contributed by atoms with Crippen molar-refractivity contribution in [2.24, 2.45) is 0 Å². The number of fused-ring (bicyclic) bond motifs is 3. The number of aliphatic carboxylic acids is 1. The highest BCUT2D eigenvalue weighted by atomic mass is 16.7. The topological polar surface area (TPSA) is 81.8 Å². The Morgan fingerprint density at radius 3 is 3.12 bits per heavy atom. The van der Waals surface area contributed by atoms with Crippen LogP contribution in [-0.4, -0.2) is 23.0 Å². The molecule has 0 atom stereocenters. The van der Waals surface area contributed by atoms with Crippen LogP contribution in [0.15, 0.2) is 16.7 Å². The lowest BCUT2D eigenvalue weighted by molar-refractivity contribution is -0.136. The van der Waals surface area contributed by atoms with E-state index in [-0.39, 0.29) is 13.2 Å². The second-order valence-electron chi connectivity index (χ2n) is 3.37. The van der Waals surface area contributed by atoms with E-state index in [0.717, 1.165) is 0 Å². The summed E-state index contributed by atoms with van der Waals surface area (Å²) in [7, 11) is 0. The molecule has 0 saturated heterocycles. The maximum Gasteiger partial charge on any atom is 0.309 e. The van der Waals surface area contributed by atoms with Crippen LogP contribution >= 0.6 is 0 Å². The Kier molecular flexibility index (Phi) is 1.76. The number of aromatic nitrogens is 1. The number of hydrogen-bond acceptors (Lipinski definition) is 5. The molecule has 0 fully saturated rings. The van der Waals surface area contributed by atoms with E-state index in [9.17, 15) is 4.79 Å². The molecule has 6 nitrogen and oxygen atoms in total. The molecule has 2 heterocycles. The first-order valence-corrected chi connectivity index (χ1v) is 4.64. The Bertz CT molecular complexity index is 574. The molecule has 1 N–H and O–H groups in total. The molecule has 3 rings (SSSR count). The van der Waals surface area contributed by atoms with Crippen molar-refractivity contribution in [1.29, 1.82) is 0 Å². The predicted octanol–water partition coefficient (Wildman–Crippen LogP) is 1.18. The van der Waals surface area contributed by atoms with Crippen LogP contribution in [0.5, 0.6) is 11.5 Å². The van der Waals surface area contributed by atoms with Crippen molar-refractivity contribution < 1.29 is 23.9 Å². The van der Waals surface area contributed by atoms with Gasteiger partial charge in [-0.25, -0.2) is 0 Å². The summed E-state index contributed by atoms with van der Waals surface area (Å²) in [5, 5.41) is 13.0. The standard InChI is InChI=1S/C10H7NO5/c12-8(13)3-5-9-6(16-11-5)1-2-7-10(9)15-4-14-7/h1-2H,3-4H2,(H,12,13). The molecule has 0 aliphatic carbocycles. The van der Waals surface area contributed by atoms with Crippen LogP contribution in [0.3, 0.4) is 0 Å². The van der Waals surface area contributed by atoms with Gasteiger partial charge in [0.25, 0.3) is 0 Å². The Labute approximate surface area is 89.4 Å². The lowest BCUT2D eigenvalue weighted by atomic mass is 10.1. The average molecular weight is 221 g/mol. The summed E-state index contributed by atoms with van der Waals surface area (Å²) >= 11 is 0. The fourth-order valence-electron chi connectivity index (χ4n) is 1.72. The van der Waals surface area contributed by atoms with E-state index in [1.807, 2.05) is 0 Å². The van der Waals surface area contributed by atoms with E-state index < -0.39 is 5.97 Å². The number of benzene rings is 1. The van der Waals surface area contributed by atoms with Crippen molar-refractivity contribution in [2.45, 2.75) is 6.42 Å². The van der Waals surface area contributed by atoms with Crippen molar-refractivity contribution in [3.8, 4) is 11.5 Å². The van der Waals surface area contributed by atoms with Crippen molar-refractivity contribution in [2.75, 3.05) is 6.79 Å². The number of carboxylic acids is 1. The highest BCUT2D eigenvalue weighted by molar-refractivity contribution is 5.91. The van der Waals surface area contributed by atoms with Crippen LogP contribution in [0.4, 0.5) is 0 Å². The number of nitrogens with zero attached hydrogens (tertiary/aromatic N) is 1. The summed E-state index contributed by atoms with van der Waals surface area (Å²) in [5.41, 5.74) is 0.852. The van der Waals surface area contributed by atoms with Gasteiger partial charge in [0.1, 0.15) is 5.69 Å². The van der Waals surface area contributed by atoms with Gasteiger partial charge >= 0.3 is 5.97 Å². The molecular weight excluding hydrogens is 214 g/mol. The maximum atomic E-state index is 10.7. The SMILES string of the molecule is O=C(O)Cc1noc2ccc3c(c12)OCO3. The largest absolute Gasteiger partial charge is 0.481 e. The molecule has 0 unspecified atom stereocenters. The number of hydrogen-bond donors (Lipinski definition) is 1. The molecule has 1 aliphatic rings. The first-order valence-electron chi connectivity index (χ1n) is 4.64. The molecule has 0 bridgehead atoms. The van der Waals surface area contributed by atoms with Crippen LogP contribution in [-0.2, 0) is 11.2 Å². The number of carboxylic acid groups (broad SMARTS) is 1.